The van der Waals surface area contributed by atoms with Crippen molar-refractivity contribution in [3.8, 4) is 0 Å². The van der Waals surface area contributed by atoms with E-state index in [1.165, 1.54) is 5.56 Å². The molecule has 4 aromatic rings. The number of aromatic amines is 1. The van der Waals surface area contributed by atoms with Crippen LogP contribution in [-0.2, 0) is 6.42 Å². The van der Waals surface area contributed by atoms with E-state index in [1.54, 1.807) is 6.20 Å². The number of fused-ring (bicyclic) bond motifs is 2. The van der Waals surface area contributed by atoms with Gasteiger partial charge in [-0.05, 0) is 59.2 Å². The molecule has 0 saturated heterocycles. The van der Waals surface area contributed by atoms with Gasteiger partial charge < -0.3 is 10.3 Å². The standard InChI is InChI=1S/C18H17IN6/c1-11(2)14-9-23-18-17(24-15(19)10-25(14)18)21-7-5-12-8-22-16-13(12)4-3-6-20-16/h3-4,6,8-10H,1,5,7H2,2H3,(H,20,22)(H,21,24). The van der Waals surface area contributed by atoms with Crippen LogP contribution in [0.3, 0.4) is 0 Å². The Labute approximate surface area is 158 Å². The maximum atomic E-state index is 4.60. The molecule has 4 heterocycles. The maximum Gasteiger partial charge on any atom is 0.180 e. The van der Waals surface area contributed by atoms with Crippen LogP contribution in [0.4, 0.5) is 5.82 Å². The van der Waals surface area contributed by atoms with E-state index in [2.05, 4.69) is 60.5 Å². The predicted octanol–water partition coefficient (Wildman–Crippen LogP) is 3.90. The van der Waals surface area contributed by atoms with Crippen LogP contribution in [0.5, 0.6) is 0 Å². The first-order chi connectivity index (χ1) is 12.1. The van der Waals surface area contributed by atoms with Gasteiger partial charge in [-0.15, -0.1) is 0 Å². The summed E-state index contributed by atoms with van der Waals surface area (Å²) in [6, 6.07) is 4.05. The molecule has 0 aliphatic carbocycles. The summed E-state index contributed by atoms with van der Waals surface area (Å²) in [7, 11) is 0. The molecule has 4 rings (SSSR count). The number of rotatable bonds is 5. The predicted molar refractivity (Wildman–Crippen MR) is 109 cm³/mol. The van der Waals surface area contributed by atoms with Crippen LogP contribution < -0.4 is 5.32 Å². The molecule has 0 unspecified atom stereocenters. The molecule has 0 spiro atoms. The number of hydrogen-bond donors (Lipinski definition) is 2. The average Bonchev–Trinajstić information content (AvgIpc) is 3.19. The highest BCUT2D eigenvalue weighted by molar-refractivity contribution is 14.1. The molecule has 0 radical (unpaired) electrons. The molecule has 0 amide bonds. The summed E-state index contributed by atoms with van der Waals surface area (Å²) in [5, 5.41) is 4.58. The topological polar surface area (TPSA) is 70.9 Å². The normalized spacial score (nSPS) is 11.3. The van der Waals surface area contributed by atoms with Crippen molar-refractivity contribution in [1.29, 1.82) is 0 Å². The molecule has 25 heavy (non-hydrogen) atoms. The first-order valence-electron chi connectivity index (χ1n) is 7.98. The van der Waals surface area contributed by atoms with Gasteiger partial charge >= 0.3 is 0 Å². The van der Waals surface area contributed by atoms with Crippen molar-refractivity contribution in [3.63, 3.8) is 0 Å². The number of anilines is 1. The zero-order chi connectivity index (χ0) is 17.4. The van der Waals surface area contributed by atoms with Gasteiger partial charge in [0.05, 0.1) is 11.9 Å². The minimum absolute atomic E-state index is 0.764. The van der Waals surface area contributed by atoms with E-state index in [0.29, 0.717) is 0 Å². The van der Waals surface area contributed by atoms with Gasteiger partial charge in [0.1, 0.15) is 9.35 Å². The van der Waals surface area contributed by atoms with Crippen molar-refractivity contribution in [1.82, 2.24) is 24.3 Å². The maximum absolute atomic E-state index is 4.60. The van der Waals surface area contributed by atoms with E-state index in [-0.39, 0.29) is 0 Å². The van der Waals surface area contributed by atoms with E-state index in [1.807, 2.05) is 36.0 Å². The van der Waals surface area contributed by atoms with Crippen molar-refractivity contribution < 1.29 is 0 Å². The van der Waals surface area contributed by atoms with Crippen molar-refractivity contribution in [2.75, 3.05) is 11.9 Å². The number of hydrogen-bond acceptors (Lipinski definition) is 4. The lowest BCUT2D eigenvalue weighted by Crippen LogP contribution is -2.09. The SMILES string of the molecule is C=C(C)c1cnc2c(NCCc3c[nH]c4ncccc34)nc(I)cn12. The number of pyridine rings is 1. The molecule has 0 bridgehead atoms. The van der Waals surface area contributed by atoms with Crippen molar-refractivity contribution in [2.45, 2.75) is 13.3 Å². The largest absolute Gasteiger partial charge is 0.367 e. The second-order valence-corrected chi connectivity index (χ2v) is 7.03. The van der Waals surface area contributed by atoms with Crippen molar-refractivity contribution in [3.05, 3.63) is 58.5 Å². The first-order valence-corrected chi connectivity index (χ1v) is 9.05. The lowest BCUT2D eigenvalue weighted by atomic mass is 10.1. The molecule has 2 N–H and O–H groups in total. The minimum atomic E-state index is 0.764. The Balaban J connectivity index is 1.58. The lowest BCUT2D eigenvalue weighted by Gasteiger charge is -2.08. The number of imidazole rings is 1. The fraction of sp³-hybridized carbons (Fsp3) is 0.167. The zero-order valence-electron chi connectivity index (χ0n) is 13.8. The van der Waals surface area contributed by atoms with E-state index in [9.17, 15) is 0 Å². The van der Waals surface area contributed by atoms with Crippen LogP contribution >= 0.6 is 22.6 Å². The first kappa shape index (κ1) is 16.1. The molecule has 0 fully saturated rings. The fourth-order valence-corrected chi connectivity index (χ4v) is 3.45. The Kier molecular flexibility index (Phi) is 4.16. The third kappa shape index (κ3) is 2.99. The van der Waals surface area contributed by atoms with Gasteiger partial charge in [0, 0.05) is 30.5 Å². The molecule has 0 atom stereocenters. The summed E-state index contributed by atoms with van der Waals surface area (Å²) >= 11 is 2.22. The summed E-state index contributed by atoms with van der Waals surface area (Å²) < 4.78 is 2.94. The second-order valence-electron chi connectivity index (χ2n) is 5.92. The number of nitrogens with zero attached hydrogens (tertiary/aromatic N) is 4. The van der Waals surface area contributed by atoms with Crippen molar-refractivity contribution >= 4 is 50.7 Å². The Bertz CT molecular complexity index is 1080. The van der Waals surface area contributed by atoms with Gasteiger partial charge in [0.15, 0.2) is 11.5 Å². The smallest absolute Gasteiger partial charge is 0.180 e. The summed E-state index contributed by atoms with van der Waals surface area (Å²) in [6.07, 6.45) is 8.51. The minimum Gasteiger partial charge on any atom is -0.367 e. The third-order valence-electron chi connectivity index (χ3n) is 4.12. The molecule has 0 aliphatic rings. The highest BCUT2D eigenvalue weighted by Gasteiger charge is 2.11. The summed E-state index contributed by atoms with van der Waals surface area (Å²) in [6.45, 7) is 6.76. The second kappa shape index (κ2) is 6.47. The number of nitrogens with one attached hydrogen (secondary N) is 2. The molecule has 0 aromatic carbocycles. The van der Waals surface area contributed by atoms with Gasteiger partial charge in [-0.1, -0.05) is 6.58 Å². The monoisotopic (exact) mass is 444 g/mol. The Morgan fingerprint density at radius 1 is 1.40 bits per heavy atom. The van der Waals surface area contributed by atoms with Gasteiger partial charge in [0.25, 0.3) is 0 Å². The fourth-order valence-electron chi connectivity index (χ4n) is 2.93. The van der Waals surface area contributed by atoms with Gasteiger partial charge in [0.2, 0.25) is 0 Å². The zero-order valence-corrected chi connectivity index (χ0v) is 15.9. The summed E-state index contributed by atoms with van der Waals surface area (Å²) in [5.41, 5.74) is 4.96. The number of aromatic nitrogens is 5. The van der Waals surface area contributed by atoms with Gasteiger partial charge in [-0.3, -0.25) is 4.40 Å². The molecular formula is C18H17IN6. The van der Waals surface area contributed by atoms with E-state index in [4.69, 9.17) is 0 Å². The van der Waals surface area contributed by atoms with Gasteiger partial charge in [-0.2, -0.15) is 0 Å². The highest BCUT2D eigenvalue weighted by Crippen LogP contribution is 2.21. The molecular weight excluding hydrogens is 427 g/mol. The summed E-state index contributed by atoms with van der Waals surface area (Å²) in [5.74, 6) is 0.789. The van der Waals surface area contributed by atoms with E-state index in [0.717, 1.165) is 50.4 Å². The van der Waals surface area contributed by atoms with Crippen LogP contribution in [0, 0.1) is 3.70 Å². The van der Waals surface area contributed by atoms with Crippen LogP contribution in [0.25, 0.3) is 22.3 Å². The van der Waals surface area contributed by atoms with Gasteiger partial charge in [-0.25, -0.2) is 15.0 Å². The van der Waals surface area contributed by atoms with Crippen molar-refractivity contribution in [2.24, 2.45) is 0 Å². The molecule has 0 aliphatic heterocycles. The van der Waals surface area contributed by atoms with Crippen LogP contribution in [0.15, 0.2) is 43.5 Å². The molecule has 126 valence electrons. The Hall–Kier alpha value is -2.42. The number of halogens is 1. The van der Waals surface area contributed by atoms with Crippen LogP contribution in [0.1, 0.15) is 18.2 Å². The Morgan fingerprint density at radius 2 is 2.28 bits per heavy atom. The third-order valence-corrected chi connectivity index (χ3v) is 4.64. The van der Waals surface area contributed by atoms with E-state index < -0.39 is 0 Å². The number of H-pyrrole nitrogens is 1. The molecule has 0 saturated carbocycles. The Morgan fingerprint density at radius 3 is 3.12 bits per heavy atom. The summed E-state index contributed by atoms with van der Waals surface area (Å²) in [4.78, 5) is 16.6. The van der Waals surface area contributed by atoms with E-state index >= 15 is 0 Å². The molecule has 6 nitrogen and oxygen atoms in total. The van der Waals surface area contributed by atoms with Crippen LogP contribution in [0.2, 0.25) is 0 Å². The average molecular weight is 444 g/mol. The lowest BCUT2D eigenvalue weighted by molar-refractivity contribution is 0.996. The highest BCUT2D eigenvalue weighted by atomic mass is 127. The number of allylic oxidation sites excluding steroid dienone is 1. The molecule has 7 heteroatoms. The molecule has 4 aromatic heterocycles. The quantitative estimate of drug-likeness (QED) is 0.459. The van der Waals surface area contributed by atoms with Crippen LogP contribution in [-0.4, -0.2) is 30.9 Å².